The number of phenols is 4. The quantitative estimate of drug-likeness (QED) is 0.0920. The summed E-state index contributed by atoms with van der Waals surface area (Å²) in [5.41, 5.74) is 12.6. The van der Waals surface area contributed by atoms with E-state index in [1.165, 1.54) is 0 Å². The van der Waals surface area contributed by atoms with E-state index in [0.29, 0.717) is 37.9 Å². The van der Waals surface area contributed by atoms with Crippen LogP contribution in [0, 0.1) is 0 Å². The number of phenolic OH excluding ortho intramolecular Hbond substituents is 4. The highest BCUT2D eigenvalue weighted by Crippen LogP contribution is 2.50. The highest BCUT2D eigenvalue weighted by molar-refractivity contribution is 9.12. The van der Waals surface area contributed by atoms with Gasteiger partial charge in [0.05, 0.1) is 5.38 Å². The van der Waals surface area contributed by atoms with E-state index < -0.39 is 11.3 Å². The van der Waals surface area contributed by atoms with E-state index in [-0.39, 0.29) is 23.0 Å². The maximum Gasteiger partial charge on any atom is 0.131 e. The second-order valence-electron chi connectivity index (χ2n) is 17.2. The van der Waals surface area contributed by atoms with Crippen molar-refractivity contribution < 1.29 is 20.4 Å². The number of allylic oxidation sites excluding steroid dienone is 1. The first kappa shape index (κ1) is 45.7. The summed E-state index contributed by atoms with van der Waals surface area (Å²) in [6.07, 6.45) is 0. The number of rotatable bonds is 12. The van der Waals surface area contributed by atoms with Crippen molar-refractivity contribution in [2.75, 3.05) is 0 Å². The van der Waals surface area contributed by atoms with Crippen molar-refractivity contribution in [3.05, 3.63) is 269 Å². The summed E-state index contributed by atoms with van der Waals surface area (Å²) < 4.78 is 0.621. The maximum absolute atomic E-state index is 12.3. The summed E-state index contributed by atoms with van der Waals surface area (Å²) >= 11 is 12.4. The maximum atomic E-state index is 12.3. The van der Waals surface area contributed by atoms with Crippen LogP contribution in [0.25, 0.3) is 72.3 Å². The molecule has 70 heavy (non-hydrogen) atoms. The SMILES string of the molecule is Oc1ccc(C(c2ccc(O)c(-c3ccccc3)c2)C(Cl)C(Br)=C(c2cc(-c3ccccc3)c(O)c(-c3ccccc3)c2)c2cc(-c3ccccc3)c(O)c(-c3ccccc3)c2)cc1-c1ccccc1. The molecular weight excluding hydrogens is 948 g/mol. The average molecular weight is 994 g/mol. The van der Waals surface area contributed by atoms with Crippen molar-refractivity contribution in [1.82, 2.24) is 0 Å². The minimum Gasteiger partial charge on any atom is -0.507 e. The Bertz CT molecular complexity index is 3130. The van der Waals surface area contributed by atoms with Crippen LogP contribution in [0.3, 0.4) is 0 Å². The number of halogens is 2. The first-order valence-electron chi connectivity index (χ1n) is 23.0. The summed E-state index contributed by atoms with van der Waals surface area (Å²) in [5, 5.41) is 46.5. The fourth-order valence-electron chi connectivity index (χ4n) is 9.36. The van der Waals surface area contributed by atoms with Crippen LogP contribution in [0.4, 0.5) is 0 Å². The smallest absolute Gasteiger partial charge is 0.131 e. The number of alkyl halides is 1. The summed E-state index contributed by atoms with van der Waals surface area (Å²) in [6, 6.07) is 78.1. The molecule has 0 radical (unpaired) electrons. The molecule has 0 fully saturated rings. The second-order valence-corrected chi connectivity index (χ2v) is 18.5. The molecule has 0 aromatic heterocycles. The fourth-order valence-corrected chi connectivity index (χ4v) is 10.5. The van der Waals surface area contributed by atoms with E-state index in [2.05, 4.69) is 15.9 Å². The van der Waals surface area contributed by atoms with Crippen LogP contribution in [-0.4, -0.2) is 25.8 Å². The lowest BCUT2D eigenvalue weighted by Crippen LogP contribution is -2.17. The van der Waals surface area contributed by atoms with Crippen LogP contribution in [0.1, 0.15) is 28.2 Å². The third kappa shape index (κ3) is 9.25. The number of benzene rings is 10. The minimum absolute atomic E-state index is 0.128. The Kier molecular flexibility index (Phi) is 13.2. The molecule has 0 amide bonds. The van der Waals surface area contributed by atoms with Crippen LogP contribution >= 0.6 is 27.5 Å². The predicted octanol–water partition coefficient (Wildman–Crippen LogP) is 17.1. The molecule has 0 aliphatic rings. The van der Waals surface area contributed by atoms with Crippen LogP contribution in [0.15, 0.2) is 247 Å². The molecule has 10 aromatic rings. The van der Waals surface area contributed by atoms with Gasteiger partial charge in [-0.2, -0.15) is 0 Å². The zero-order valence-corrected chi connectivity index (χ0v) is 40.1. The van der Waals surface area contributed by atoms with E-state index in [1.807, 2.05) is 231 Å². The monoisotopic (exact) mass is 992 g/mol. The average Bonchev–Trinajstić information content (AvgIpc) is 3.41. The van der Waals surface area contributed by atoms with Gasteiger partial charge in [-0.15, -0.1) is 11.6 Å². The van der Waals surface area contributed by atoms with E-state index in [9.17, 15) is 20.4 Å². The molecule has 0 aliphatic carbocycles. The standard InChI is InChI=1S/C64H46BrClO4/c65-61(62(66)60(47-31-33-57(67)51(35-47)41-19-7-1-8-20-41)48-32-34-58(68)52(36-48)42-21-9-2-10-22-42)59(49-37-53(43-23-11-3-12-24-43)63(69)54(38-49)44-25-13-4-14-26-44)50-39-55(45-27-15-5-16-28-45)64(70)56(40-50)46-29-17-6-18-30-46/h1-40,60,62,67-70H. The van der Waals surface area contributed by atoms with Gasteiger partial charge in [-0.05, 0) is 104 Å². The Morgan fingerprint density at radius 1 is 0.329 bits per heavy atom. The topological polar surface area (TPSA) is 80.9 Å². The minimum atomic E-state index is -0.848. The molecule has 6 heteroatoms. The first-order chi connectivity index (χ1) is 34.2. The van der Waals surface area contributed by atoms with Gasteiger partial charge < -0.3 is 20.4 Å². The van der Waals surface area contributed by atoms with Gasteiger partial charge in [-0.25, -0.2) is 0 Å². The largest absolute Gasteiger partial charge is 0.507 e. The zero-order chi connectivity index (χ0) is 48.1. The van der Waals surface area contributed by atoms with Crippen LogP contribution in [0.5, 0.6) is 23.0 Å². The van der Waals surface area contributed by atoms with Gasteiger partial charge >= 0.3 is 0 Å². The fraction of sp³-hybridized carbons (Fsp3) is 0.0312. The van der Waals surface area contributed by atoms with Crippen molar-refractivity contribution in [3.8, 4) is 89.8 Å². The van der Waals surface area contributed by atoms with E-state index in [4.69, 9.17) is 11.6 Å². The number of aromatic hydroxyl groups is 4. The van der Waals surface area contributed by atoms with E-state index >= 15 is 0 Å². The summed E-state index contributed by atoms with van der Waals surface area (Å²) in [6.45, 7) is 0. The van der Waals surface area contributed by atoms with E-state index in [1.54, 1.807) is 12.1 Å². The molecule has 340 valence electrons. The Morgan fingerprint density at radius 2 is 0.586 bits per heavy atom. The van der Waals surface area contributed by atoms with Gasteiger partial charge in [0.1, 0.15) is 23.0 Å². The van der Waals surface area contributed by atoms with Crippen LogP contribution < -0.4 is 0 Å². The Balaban J connectivity index is 1.30. The second kappa shape index (κ2) is 20.2. The van der Waals surface area contributed by atoms with Crippen molar-refractivity contribution in [2.24, 2.45) is 0 Å². The van der Waals surface area contributed by atoms with Gasteiger partial charge in [0.2, 0.25) is 0 Å². The molecule has 10 rings (SSSR count). The summed E-state index contributed by atoms with van der Waals surface area (Å²) in [4.78, 5) is 0. The van der Waals surface area contributed by atoms with Crippen LogP contribution in [0.2, 0.25) is 0 Å². The third-order valence-corrected chi connectivity index (χ3v) is 14.5. The molecule has 10 aromatic carbocycles. The lowest BCUT2D eigenvalue weighted by atomic mass is 9.82. The predicted molar refractivity (Wildman–Crippen MR) is 291 cm³/mol. The molecule has 0 saturated heterocycles. The Labute approximate surface area is 421 Å². The molecule has 1 atom stereocenters. The van der Waals surface area contributed by atoms with E-state index in [0.717, 1.165) is 61.2 Å². The normalized spacial score (nSPS) is 11.6. The highest BCUT2D eigenvalue weighted by Gasteiger charge is 2.31. The van der Waals surface area contributed by atoms with Gasteiger partial charge in [-0.3, -0.25) is 0 Å². The lowest BCUT2D eigenvalue weighted by Gasteiger charge is -2.28. The Hall–Kier alpha value is -8.09. The molecule has 1 unspecified atom stereocenters. The van der Waals surface area contributed by atoms with Gasteiger partial charge in [0.15, 0.2) is 0 Å². The summed E-state index contributed by atoms with van der Waals surface area (Å²) in [5.74, 6) is -0.0680. The van der Waals surface area contributed by atoms with Gasteiger partial charge in [0.25, 0.3) is 0 Å². The number of hydrogen-bond donors (Lipinski definition) is 4. The van der Waals surface area contributed by atoms with Gasteiger partial charge in [0, 0.05) is 49.4 Å². The molecule has 0 bridgehead atoms. The molecule has 0 saturated carbocycles. The molecule has 0 aliphatic heterocycles. The molecular formula is C64H46BrClO4. The number of hydrogen-bond acceptors (Lipinski definition) is 4. The van der Waals surface area contributed by atoms with Crippen LogP contribution in [-0.2, 0) is 0 Å². The van der Waals surface area contributed by atoms with Crippen molar-refractivity contribution in [1.29, 1.82) is 0 Å². The molecule has 0 heterocycles. The molecule has 4 N–H and O–H groups in total. The van der Waals surface area contributed by atoms with Crippen molar-refractivity contribution in [2.45, 2.75) is 11.3 Å². The van der Waals surface area contributed by atoms with Crippen molar-refractivity contribution in [3.63, 3.8) is 0 Å². The highest BCUT2D eigenvalue weighted by atomic mass is 79.9. The zero-order valence-electron chi connectivity index (χ0n) is 37.8. The molecule has 0 spiro atoms. The molecule has 4 nitrogen and oxygen atoms in total. The third-order valence-electron chi connectivity index (χ3n) is 12.8. The summed E-state index contributed by atoms with van der Waals surface area (Å²) in [7, 11) is 0. The van der Waals surface area contributed by atoms with Gasteiger partial charge in [-0.1, -0.05) is 210 Å². The Morgan fingerprint density at radius 3 is 0.857 bits per heavy atom. The first-order valence-corrected chi connectivity index (χ1v) is 24.2. The lowest BCUT2D eigenvalue weighted by molar-refractivity contribution is 0.476. The van der Waals surface area contributed by atoms with Crippen molar-refractivity contribution >= 4 is 33.1 Å².